The average molecular weight is 474 g/mol. The lowest BCUT2D eigenvalue weighted by atomic mass is 10.1. The van der Waals surface area contributed by atoms with Crippen LogP contribution in [-0.4, -0.2) is 28.3 Å². The normalized spacial score (nSPS) is 10.8. The number of halogens is 1. The van der Waals surface area contributed by atoms with E-state index in [2.05, 4.69) is 15.6 Å². The van der Waals surface area contributed by atoms with Crippen molar-refractivity contribution < 1.29 is 23.8 Å². The van der Waals surface area contributed by atoms with Gasteiger partial charge < -0.3 is 15.2 Å². The number of para-hydroxylation sites is 1. The number of carbonyl (C=O) groups is 1. The van der Waals surface area contributed by atoms with E-state index in [1.54, 1.807) is 41.8 Å². The molecule has 0 atom stereocenters. The smallest absolute Gasteiger partial charge is 0.437 e. The van der Waals surface area contributed by atoms with E-state index in [-0.39, 0.29) is 29.3 Å². The molecule has 11 heteroatoms. The van der Waals surface area contributed by atoms with Gasteiger partial charge in [-0.05, 0) is 29.0 Å². The number of hydrogen-bond donors (Lipinski definition) is 3. The molecule has 2 aromatic carbocycles. The number of ketones is 1. The minimum absolute atomic E-state index is 0.0665. The number of aromatic hydroxyl groups is 1. The number of hydrogen-bond acceptors (Lipinski definition) is 8. The number of nitrogens with one attached hydrogen (secondary N) is 2. The largest absolute Gasteiger partial charge is 0.507 e. The third-order valence-corrected chi connectivity index (χ3v) is 5.74. The van der Waals surface area contributed by atoms with Crippen molar-refractivity contribution >= 4 is 33.9 Å². The number of phenols is 1. The minimum Gasteiger partial charge on any atom is -0.507 e. The topological polar surface area (TPSA) is 121 Å². The molecule has 0 bridgehead atoms. The number of aromatic amines is 1. The van der Waals surface area contributed by atoms with E-state index in [9.17, 15) is 14.7 Å². The molecule has 0 aliphatic carbocycles. The number of carbonyl (C=O) groups excluding carboxylic acids is 1. The first-order valence-electron chi connectivity index (χ1n) is 9.38. The van der Waals surface area contributed by atoms with Crippen LogP contribution in [0.15, 0.2) is 51.1 Å². The predicted octanol–water partition coefficient (Wildman–Crippen LogP) is 3.55. The van der Waals surface area contributed by atoms with Crippen molar-refractivity contribution in [2.75, 3.05) is 12.4 Å². The lowest BCUT2D eigenvalue weighted by Crippen LogP contribution is -2.36. The summed E-state index contributed by atoms with van der Waals surface area (Å²) < 4.78 is 11.8. The summed E-state index contributed by atoms with van der Waals surface area (Å²) >= 11 is 7.31. The molecule has 9 nitrogen and oxygen atoms in total. The highest BCUT2D eigenvalue weighted by Crippen LogP contribution is 2.28. The van der Waals surface area contributed by atoms with Gasteiger partial charge in [0, 0.05) is 34.6 Å². The Bertz CT molecular complexity index is 1360. The van der Waals surface area contributed by atoms with Crippen molar-refractivity contribution in [3.8, 4) is 28.6 Å². The molecule has 0 aliphatic rings. The number of aromatic nitrogens is 3. The number of ether oxygens (including phenoxy) is 1. The van der Waals surface area contributed by atoms with Gasteiger partial charge in [-0.3, -0.25) is 9.32 Å². The third-order valence-electron chi connectivity index (χ3n) is 4.71. The standard InChI is InChI=1S/C21H17ClN4O5S/c1-11(27)14-5-3-4-12(19(14)28)9-23-21-24-15(10-32-21)18-20(29)31-25-26(18)16-7-6-13(22)8-17(16)30-2/h3-8,10H,9H2,1-2H3,(H2-,23,24,25,27,28,29)/p+1. The molecule has 4 rings (SSSR count). The Labute approximate surface area is 190 Å². The van der Waals surface area contributed by atoms with E-state index in [0.717, 1.165) is 0 Å². The first kappa shape index (κ1) is 21.6. The Morgan fingerprint density at radius 1 is 1.38 bits per heavy atom. The van der Waals surface area contributed by atoms with Gasteiger partial charge in [-0.2, -0.15) is 0 Å². The first-order chi connectivity index (χ1) is 15.4. The van der Waals surface area contributed by atoms with Gasteiger partial charge in [0.2, 0.25) is 0 Å². The number of nitrogens with zero attached hydrogens (tertiary/aromatic N) is 2. The molecule has 0 saturated carbocycles. The van der Waals surface area contributed by atoms with Gasteiger partial charge >= 0.3 is 11.3 Å². The van der Waals surface area contributed by atoms with Gasteiger partial charge in [-0.15, -0.1) is 11.3 Å². The molecule has 32 heavy (non-hydrogen) atoms. The van der Waals surface area contributed by atoms with E-state index in [4.69, 9.17) is 20.9 Å². The summed E-state index contributed by atoms with van der Waals surface area (Å²) in [5.74, 6) is 0.153. The Balaban J connectivity index is 1.62. The summed E-state index contributed by atoms with van der Waals surface area (Å²) in [5, 5.41) is 18.7. The third kappa shape index (κ3) is 4.10. The second-order valence-corrected chi connectivity index (χ2v) is 8.04. The Kier molecular flexibility index (Phi) is 5.97. The van der Waals surface area contributed by atoms with Crippen molar-refractivity contribution in [1.82, 2.24) is 10.3 Å². The van der Waals surface area contributed by atoms with E-state index in [1.165, 1.54) is 30.1 Å². The number of benzene rings is 2. The fraction of sp³-hybridized carbons (Fsp3) is 0.143. The number of Topliss-reactive ketones (excluding diaryl/α,β-unsaturated/α-hetero) is 1. The highest BCUT2D eigenvalue weighted by Gasteiger charge is 2.30. The Hall–Kier alpha value is -3.63. The molecule has 3 N–H and O–H groups in total. The van der Waals surface area contributed by atoms with Crippen molar-refractivity contribution in [3.63, 3.8) is 0 Å². The quantitative estimate of drug-likeness (QED) is 0.277. The molecule has 4 aromatic rings. The lowest BCUT2D eigenvalue weighted by Gasteiger charge is -2.08. The molecular formula is C21H18ClN4O5S+. The van der Waals surface area contributed by atoms with Crippen LogP contribution in [0.4, 0.5) is 5.13 Å². The number of phenolic OH excluding ortho intramolecular Hbond substituents is 1. The fourth-order valence-corrected chi connectivity index (χ4v) is 4.01. The molecule has 0 saturated heterocycles. The van der Waals surface area contributed by atoms with Crippen molar-refractivity contribution in [1.29, 1.82) is 0 Å². The summed E-state index contributed by atoms with van der Waals surface area (Å²) in [6.45, 7) is 1.64. The molecule has 164 valence electrons. The van der Waals surface area contributed by atoms with Gasteiger partial charge in [0.15, 0.2) is 22.4 Å². The van der Waals surface area contributed by atoms with Gasteiger partial charge in [0.05, 0.1) is 12.7 Å². The maximum Gasteiger partial charge on any atom is 0.437 e. The SMILES string of the molecule is COc1cc(Cl)ccc1-[n+]1[nH]oc(=O)c1-c1csc(NCc2cccc(C(C)=O)c2O)n1. The number of anilines is 1. The summed E-state index contributed by atoms with van der Waals surface area (Å²) in [4.78, 5) is 28.5. The maximum absolute atomic E-state index is 12.4. The summed E-state index contributed by atoms with van der Waals surface area (Å²) in [7, 11) is 1.50. The van der Waals surface area contributed by atoms with Crippen LogP contribution in [0.25, 0.3) is 17.1 Å². The number of H-pyrrole nitrogens is 1. The van der Waals surface area contributed by atoms with Crippen LogP contribution >= 0.6 is 22.9 Å². The van der Waals surface area contributed by atoms with Gasteiger partial charge in [0.25, 0.3) is 5.69 Å². The van der Waals surface area contributed by atoms with E-state index in [0.29, 0.717) is 32.8 Å². The number of rotatable bonds is 7. The highest BCUT2D eigenvalue weighted by molar-refractivity contribution is 7.14. The molecule has 0 spiro atoms. The molecule has 0 aliphatic heterocycles. The van der Waals surface area contributed by atoms with Crippen LogP contribution in [0, 0.1) is 0 Å². The molecule has 0 amide bonds. The van der Waals surface area contributed by atoms with Crippen LogP contribution in [0.5, 0.6) is 11.5 Å². The predicted molar refractivity (Wildman–Crippen MR) is 119 cm³/mol. The summed E-state index contributed by atoms with van der Waals surface area (Å²) in [6.07, 6.45) is 0. The number of methoxy groups -OCH3 is 1. The fourth-order valence-electron chi connectivity index (χ4n) is 3.15. The van der Waals surface area contributed by atoms with E-state index in [1.807, 2.05) is 0 Å². The van der Waals surface area contributed by atoms with Crippen molar-refractivity contribution in [2.24, 2.45) is 0 Å². The second-order valence-electron chi connectivity index (χ2n) is 6.74. The van der Waals surface area contributed by atoms with Crippen LogP contribution in [0.2, 0.25) is 5.02 Å². The van der Waals surface area contributed by atoms with Gasteiger partial charge in [-0.1, -0.05) is 23.7 Å². The van der Waals surface area contributed by atoms with Crippen molar-refractivity contribution in [3.05, 3.63) is 68.3 Å². The zero-order valence-electron chi connectivity index (χ0n) is 17.0. The number of thiazole rings is 1. The molecule has 2 heterocycles. The van der Waals surface area contributed by atoms with Gasteiger partial charge in [-0.25, -0.2) is 9.78 Å². The molecule has 0 fully saturated rings. The summed E-state index contributed by atoms with van der Waals surface area (Å²) in [5.41, 5.74) is 1.28. The van der Waals surface area contributed by atoms with Gasteiger partial charge in [0.1, 0.15) is 5.75 Å². The zero-order chi connectivity index (χ0) is 22.8. The zero-order valence-corrected chi connectivity index (χ0v) is 18.6. The van der Waals surface area contributed by atoms with E-state index >= 15 is 0 Å². The Morgan fingerprint density at radius 3 is 2.94 bits per heavy atom. The highest BCUT2D eigenvalue weighted by atomic mass is 35.5. The summed E-state index contributed by atoms with van der Waals surface area (Å²) in [6, 6.07) is 9.95. The van der Waals surface area contributed by atoms with Crippen LogP contribution in [-0.2, 0) is 6.54 Å². The average Bonchev–Trinajstić information content (AvgIpc) is 3.38. The molecule has 0 unspecified atom stereocenters. The molecule has 0 radical (unpaired) electrons. The minimum atomic E-state index is -0.606. The lowest BCUT2D eigenvalue weighted by molar-refractivity contribution is -0.660. The van der Waals surface area contributed by atoms with Crippen LogP contribution in [0.3, 0.4) is 0 Å². The molecular weight excluding hydrogens is 456 g/mol. The maximum atomic E-state index is 12.4. The molecule has 2 aromatic heterocycles. The Morgan fingerprint density at radius 2 is 2.19 bits per heavy atom. The van der Waals surface area contributed by atoms with E-state index < -0.39 is 5.63 Å². The first-order valence-corrected chi connectivity index (χ1v) is 10.6. The van der Waals surface area contributed by atoms with Crippen LogP contribution in [0.1, 0.15) is 22.8 Å². The van der Waals surface area contributed by atoms with Crippen LogP contribution < -0.4 is 20.4 Å². The van der Waals surface area contributed by atoms with Crippen molar-refractivity contribution in [2.45, 2.75) is 13.5 Å². The second kappa shape index (κ2) is 8.85. The monoisotopic (exact) mass is 473 g/mol.